The number of anilines is 1. The lowest BCUT2D eigenvalue weighted by Crippen LogP contribution is -2.42. The zero-order valence-electron chi connectivity index (χ0n) is 16.8. The number of hydrogen-bond donors (Lipinski definition) is 2. The molecule has 0 aliphatic carbocycles. The lowest BCUT2D eigenvalue weighted by molar-refractivity contribution is 0.0559. The number of carbonyl (C=O) groups is 2. The van der Waals surface area contributed by atoms with E-state index < -0.39 is 41.1 Å². The van der Waals surface area contributed by atoms with E-state index in [4.69, 9.17) is 0 Å². The van der Waals surface area contributed by atoms with Crippen LogP contribution in [-0.4, -0.2) is 26.9 Å². The van der Waals surface area contributed by atoms with Gasteiger partial charge >= 0.3 is 0 Å². The van der Waals surface area contributed by atoms with E-state index in [1.807, 2.05) is 0 Å². The third-order valence-corrected chi connectivity index (χ3v) is 6.12. The molecule has 2 N–H and O–H groups in total. The van der Waals surface area contributed by atoms with Crippen LogP contribution in [0.3, 0.4) is 0 Å². The van der Waals surface area contributed by atoms with Gasteiger partial charge in [-0.25, -0.2) is 13.9 Å². The lowest BCUT2D eigenvalue weighted by Gasteiger charge is -2.38. The number of aromatic nitrogens is 2. The Morgan fingerprint density at radius 3 is 2.18 bits per heavy atom. The number of carbonyl (C=O) groups excluding carboxylic acids is 2. The molecule has 0 bridgehead atoms. The van der Waals surface area contributed by atoms with Gasteiger partial charge in [-0.05, 0) is 42.0 Å². The van der Waals surface area contributed by atoms with Gasteiger partial charge in [0.15, 0.2) is 0 Å². The summed E-state index contributed by atoms with van der Waals surface area (Å²) in [6.07, 6.45) is 0. The number of fused-ring (bicyclic) bond motifs is 1. The number of rotatable bonds is 2. The van der Waals surface area contributed by atoms with E-state index in [2.05, 4.69) is 15.5 Å². The van der Waals surface area contributed by atoms with Gasteiger partial charge in [0, 0.05) is 11.1 Å². The quantitative estimate of drug-likeness (QED) is 0.460. The Balaban J connectivity index is 1.63. The average Bonchev–Trinajstić information content (AvgIpc) is 3.06. The van der Waals surface area contributed by atoms with Crippen molar-refractivity contribution < 1.29 is 18.4 Å². The van der Waals surface area contributed by atoms with E-state index >= 15 is 0 Å². The van der Waals surface area contributed by atoms with Crippen molar-refractivity contribution in [3.05, 3.63) is 105 Å². The summed E-state index contributed by atoms with van der Waals surface area (Å²) in [6.45, 7) is 0. The van der Waals surface area contributed by atoms with Crippen LogP contribution in [0.2, 0.25) is 0 Å². The van der Waals surface area contributed by atoms with Crippen molar-refractivity contribution in [1.82, 2.24) is 15.1 Å². The number of amides is 2. The maximum Gasteiger partial charge on any atom is 0.272 e. The minimum absolute atomic E-state index is 0.0432. The summed E-state index contributed by atoms with van der Waals surface area (Å²) < 4.78 is 28.0. The predicted octanol–water partition coefficient (Wildman–Crippen LogP) is 3.71. The van der Waals surface area contributed by atoms with Gasteiger partial charge in [0.2, 0.25) is 0 Å². The van der Waals surface area contributed by atoms with E-state index in [1.54, 1.807) is 24.3 Å². The van der Waals surface area contributed by atoms with Gasteiger partial charge in [0.25, 0.3) is 17.4 Å². The summed E-state index contributed by atoms with van der Waals surface area (Å²) >= 11 is 0. The summed E-state index contributed by atoms with van der Waals surface area (Å²) in [7, 11) is 0. The summed E-state index contributed by atoms with van der Waals surface area (Å²) in [4.78, 5) is 40.2. The van der Waals surface area contributed by atoms with Crippen molar-refractivity contribution in [2.45, 2.75) is 12.1 Å². The number of H-pyrrole nitrogens is 1. The summed E-state index contributed by atoms with van der Waals surface area (Å²) in [5.74, 6) is -2.12. The van der Waals surface area contributed by atoms with Crippen LogP contribution in [0.5, 0.6) is 0 Å². The Labute approximate surface area is 184 Å². The van der Waals surface area contributed by atoms with Crippen molar-refractivity contribution in [3.63, 3.8) is 0 Å². The molecule has 0 spiro atoms. The zero-order valence-corrected chi connectivity index (χ0v) is 16.8. The minimum Gasteiger partial charge on any atom is -0.375 e. The number of imide groups is 1. The van der Waals surface area contributed by atoms with Crippen LogP contribution in [0, 0.1) is 11.6 Å². The van der Waals surface area contributed by atoms with Crippen molar-refractivity contribution in [2.24, 2.45) is 0 Å². The third kappa shape index (κ3) is 2.72. The van der Waals surface area contributed by atoms with E-state index in [0.29, 0.717) is 16.6 Å². The largest absolute Gasteiger partial charge is 0.375 e. The number of hydrogen-bond acceptors (Lipinski definition) is 5. The second-order valence-corrected chi connectivity index (χ2v) is 7.96. The summed E-state index contributed by atoms with van der Waals surface area (Å²) in [5, 5.41) is 10.1. The van der Waals surface area contributed by atoms with Gasteiger partial charge in [-0.1, -0.05) is 24.3 Å². The SMILES string of the molecule is O=C1c2ccccc2C(=O)N1C1c2n[nH]c(=O)c3cc(F)cc(c23)NC1c1ccc(F)cc1. The molecule has 6 rings (SSSR count). The maximum atomic E-state index is 14.3. The number of halogens is 2. The summed E-state index contributed by atoms with van der Waals surface area (Å²) in [6, 6.07) is 12.6. The lowest BCUT2D eigenvalue weighted by atomic mass is 9.88. The third-order valence-electron chi connectivity index (χ3n) is 6.12. The van der Waals surface area contributed by atoms with Gasteiger partial charge in [0.05, 0.1) is 28.2 Å². The van der Waals surface area contributed by atoms with Crippen LogP contribution < -0.4 is 10.9 Å². The van der Waals surface area contributed by atoms with Gasteiger partial charge in [-0.2, -0.15) is 5.10 Å². The Morgan fingerprint density at radius 1 is 0.848 bits per heavy atom. The van der Waals surface area contributed by atoms with Crippen LogP contribution in [0.25, 0.3) is 10.8 Å². The van der Waals surface area contributed by atoms with Crippen LogP contribution in [0.15, 0.2) is 65.5 Å². The second kappa shape index (κ2) is 6.80. The van der Waals surface area contributed by atoms with E-state index in [0.717, 1.165) is 11.0 Å². The molecule has 1 aromatic heterocycles. The molecular weight excluding hydrogens is 430 g/mol. The Morgan fingerprint density at radius 2 is 1.52 bits per heavy atom. The predicted molar refractivity (Wildman–Crippen MR) is 115 cm³/mol. The second-order valence-electron chi connectivity index (χ2n) is 7.96. The molecule has 7 nitrogen and oxygen atoms in total. The topological polar surface area (TPSA) is 95.2 Å². The molecule has 2 atom stereocenters. The smallest absolute Gasteiger partial charge is 0.272 e. The van der Waals surface area contributed by atoms with Crippen LogP contribution >= 0.6 is 0 Å². The fraction of sp³-hybridized carbons (Fsp3) is 0.0833. The molecule has 162 valence electrons. The molecule has 3 aromatic carbocycles. The number of nitrogens with zero attached hydrogens (tertiary/aromatic N) is 2. The van der Waals surface area contributed by atoms with Crippen LogP contribution in [0.4, 0.5) is 14.5 Å². The highest BCUT2D eigenvalue weighted by Crippen LogP contribution is 2.47. The highest BCUT2D eigenvalue weighted by Gasteiger charge is 2.47. The number of nitrogens with one attached hydrogen (secondary N) is 2. The van der Waals surface area contributed by atoms with Crippen LogP contribution in [-0.2, 0) is 0 Å². The molecule has 2 amide bonds. The minimum atomic E-state index is -0.986. The van der Waals surface area contributed by atoms with Gasteiger partial charge < -0.3 is 5.32 Å². The van der Waals surface area contributed by atoms with Crippen molar-refractivity contribution in [2.75, 3.05) is 5.32 Å². The molecule has 4 aromatic rings. The number of aromatic amines is 1. The normalized spacial score (nSPS) is 19.0. The Kier molecular flexibility index (Phi) is 3.97. The monoisotopic (exact) mass is 444 g/mol. The highest BCUT2D eigenvalue weighted by molar-refractivity contribution is 6.22. The highest BCUT2D eigenvalue weighted by atomic mass is 19.1. The van der Waals surface area contributed by atoms with Crippen molar-refractivity contribution >= 4 is 28.3 Å². The average molecular weight is 444 g/mol. The van der Waals surface area contributed by atoms with Gasteiger partial charge in [-0.15, -0.1) is 0 Å². The molecule has 0 saturated heterocycles. The van der Waals surface area contributed by atoms with E-state index in [1.165, 1.54) is 30.3 Å². The molecule has 9 heteroatoms. The molecule has 0 fully saturated rings. The fourth-order valence-corrected chi connectivity index (χ4v) is 4.69. The molecule has 0 saturated carbocycles. The first-order valence-corrected chi connectivity index (χ1v) is 10.1. The van der Waals surface area contributed by atoms with Gasteiger partial charge in [0.1, 0.15) is 17.7 Å². The molecule has 2 aliphatic heterocycles. The molecule has 0 radical (unpaired) electrons. The Hall–Kier alpha value is -4.40. The molecule has 2 aliphatic rings. The van der Waals surface area contributed by atoms with Gasteiger partial charge in [-0.3, -0.25) is 19.3 Å². The van der Waals surface area contributed by atoms with E-state index in [-0.39, 0.29) is 22.2 Å². The molecule has 33 heavy (non-hydrogen) atoms. The van der Waals surface area contributed by atoms with Crippen molar-refractivity contribution in [3.8, 4) is 0 Å². The first kappa shape index (κ1) is 19.3. The number of benzene rings is 3. The first-order chi connectivity index (χ1) is 15.9. The Bertz CT molecular complexity index is 1510. The first-order valence-electron chi connectivity index (χ1n) is 10.1. The zero-order chi connectivity index (χ0) is 22.9. The maximum absolute atomic E-state index is 14.3. The molecular formula is C24H14F2N4O3. The van der Waals surface area contributed by atoms with Crippen molar-refractivity contribution in [1.29, 1.82) is 0 Å². The van der Waals surface area contributed by atoms with E-state index in [9.17, 15) is 23.2 Å². The fourth-order valence-electron chi connectivity index (χ4n) is 4.69. The van der Waals surface area contributed by atoms with Crippen LogP contribution in [0.1, 0.15) is 44.1 Å². The molecule has 3 heterocycles. The summed E-state index contributed by atoms with van der Waals surface area (Å²) in [5.41, 5.74) is 0.992. The molecule has 2 unspecified atom stereocenters. The standard InChI is InChI=1S/C24H14F2N4O3/c25-12-7-5-11(6-8-12)19-21(30-23(32)14-3-1-2-4-15(14)24(30)33)20-18-16(22(31)29-28-20)9-13(26)10-17(18)27-19/h1-10,19,21,27H,(H,29,31).